The first-order valence-electron chi connectivity index (χ1n) is 11.3. The molecule has 0 unspecified atom stereocenters. The molecule has 7 nitrogen and oxygen atoms in total. The maximum absolute atomic E-state index is 11.5. The van der Waals surface area contributed by atoms with E-state index in [0.717, 1.165) is 63.8 Å². The number of carbonyl (C=O) groups is 2. The summed E-state index contributed by atoms with van der Waals surface area (Å²) in [5.74, 6) is 1.07. The molecule has 2 aromatic carbocycles. The second kappa shape index (κ2) is 10.1. The van der Waals surface area contributed by atoms with Crippen LogP contribution in [0.3, 0.4) is 0 Å². The summed E-state index contributed by atoms with van der Waals surface area (Å²) in [6.45, 7) is 10.7. The molecule has 0 aromatic heterocycles. The second-order valence-corrected chi connectivity index (χ2v) is 8.66. The van der Waals surface area contributed by atoms with Crippen LogP contribution in [0.4, 0.5) is 5.69 Å². The van der Waals surface area contributed by atoms with Gasteiger partial charge in [0.1, 0.15) is 12.4 Å². The summed E-state index contributed by atoms with van der Waals surface area (Å²) in [5, 5.41) is 2.81. The van der Waals surface area contributed by atoms with E-state index in [1.165, 1.54) is 23.6 Å². The third-order valence-electron chi connectivity index (χ3n) is 6.09. The number of benzene rings is 2. The number of piperazine rings is 1. The van der Waals surface area contributed by atoms with Crippen LogP contribution in [0.15, 0.2) is 42.5 Å². The van der Waals surface area contributed by atoms with Crippen molar-refractivity contribution < 1.29 is 14.3 Å². The molecule has 0 bridgehead atoms. The number of rotatable bonds is 5. The molecule has 0 saturated carbocycles. The van der Waals surface area contributed by atoms with Crippen molar-refractivity contribution in [3.8, 4) is 5.75 Å². The number of ether oxygens (including phenoxy) is 1. The average Bonchev–Trinajstić information content (AvgIpc) is 2.96. The van der Waals surface area contributed by atoms with Gasteiger partial charge in [-0.05, 0) is 35.4 Å². The highest BCUT2D eigenvalue weighted by Crippen LogP contribution is 2.26. The predicted octanol–water partition coefficient (Wildman–Crippen LogP) is 2.70. The Balaban J connectivity index is 1.37. The van der Waals surface area contributed by atoms with E-state index in [2.05, 4.69) is 45.4 Å². The second-order valence-electron chi connectivity index (χ2n) is 8.66. The van der Waals surface area contributed by atoms with Crippen molar-refractivity contribution in [1.29, 1.82) is 0 Å². The van der Waals surface area contributed by atoms with E-state index in [-0.39, 0.29) is 11.8 Å². The van der Waals surface area contributed by atoms with Crippen molar-refractivity contribution in [3.05, 3.63) is 59.2 Å². The Labute approximate surface area is 189 Å². The number of carbonyl (C=O) groups excluding carboxylic acids is 2. The Kier molecular flexibility index (Phi) is 7.07. The maximum Gasteiger partial charge on any atom is 0.221 e. The quantitative estimate of drug-likeness (QED) is 0.781. The number of amides is 2. The molecule has 2 aliphatic heterocycles. The molecule has 32 heavy (non-hydrogen) atoms. The van der Waals surface area contributed by atoms with Gasteiger partial charge in [-0.15, -0.1) is 0 Å². The molecule has 1 N–H and O–H groups in total. The molecule has 170 valence electrons. The molecular formula is C25H32N4O3. The largest absolute Gasteiger partial charge is 0.492 e. The number of nitrogens with zero attached hydrogens (tertiary/aromatic N) is 3. The van der Waals surface area contributed by atoms with Crippen molar-refractivity contribution in [1.82, 2.24) is 14.7 Å². The van der Waals surface area contributed by atoms with Crippen LogP contribution in [-0.4, -0.2) is 65.8 Å². The minimum absolute atomic E-state index is 0.0597. The minimum atomic E-state index is -0.0597. The molecule has 4 rings (SSSR count). The van der Waals surface area contributed by atoms with Gasteiger partial charge in [-0.2, -0.15) is 0 Å². The number of hydrogen-bond acceptors (Lipinski definition) is 5. The highest BCUT2D eigenvalue weighted by Gasteiger charge is 2.20. The molecule has 0 spiro atoms. The SMILES string of the molecule is CC(=O)Nc1ccc(CN2CCOc3ccc(CN4CCN(C(C)=O)CC4)cc3C2)cc1. The molecule has 2 aliphatic rings. The van der Waals surface area contributed by atoms with Crippen molar-refractivity contribution in [2.24, 2.45) is 0 Å². The summed E-state index contributed by atoms with van der Waals surface area (Å²) in [4.78, 5) is 29.5. The highest BCUT2D eigenvalue weighted by molar-refractivity contribution is 5.88. The average molecular weight is 437 g/mol. The summed E-state index contributed by atoms with van der Waals surface area (Å²) < 4.78 is 6.02. The fourth-order valence-electron chi connectivity index (χ4n) is 4.37. The zero-order valence-corrected chi connectivity index (χ0v) is 19.0. The summed E-state index contributed by atoms with van der Waals surface area (Å²) in [6, 6.07) is 14.6. The van der Waals surface area contributed by atoms with Crippen LogP contribution in [0, 0.1) is 0 Å². The number of hydrogen-bond donors (Lipinski definition) is 1. The molecular weight excluding hydrogens is 404 g/mol. The maximum atomic E-state index is 11.5. The minimum Gasteiger partial charge on any atom is -0.492 e. The monoisotopic (exact) mass is 436 g/mol. The van der Waals surface area contributed by atoms with E-state index in [1.807, 2.05) is 17.0 Å². The van der Waals surface area contributed by atoms with Crippen molar-refractivity contribution in [2.45, 2.75) is 33.5 Å². The molecule has 0 atom stereocenters. The first-order chi connectivity index (χ1) is 15.5. The third kappa shape index (κ3) is 5.87. The van der Waals surface area contributed by atoms with Crippen molar-refractivity contribution in [2.75, 3.05) is 44.6 Å². The Morgan fingerprint density at radius 2 is 1.56 bits per heavy atom. The van der Waals surface area contributed by atoms with Crippen molar-refractivity contribution in [3.63, 3.8) is 0 Å². The summed E-state index contributed by atoms with van der Waals surface area (Å²) in [7, 11) is 0. The van der Waals surface area contributed by atoms with E-state index >= 15 is 0 Å². The van der Waals surface area contributed by atoms with Gasteiger partial charge in [0.05, 0.1) is 0 Å². The van der Waals surface area contributed by atoms with E-state index in [4.69, 9.17) is 4.74 Å². The molecule has 7 heteroatoms. The molecule has 1 saturated heterocycles. The fourth-order valence-corrected chi connectivity index (χ4v) is 4.37. The predicted molar refractivity (Wildman–Crippen MR) is 124 cm³/mol. The van der Waals surface area contributed by atoms with Gasteiger partial charge < -0.3 is 15.0 Å². The lowest BCUT2D eigenvalue weighted by atomic mass is 10.1. The summed E-state index contributed by atoms with van der Waals surface area (Å²) in [5.41, 5.74) is 4.53. The normalized spacial score (nSPS) is 17.2. The number of fused-ring (bicyclic) bond motifs is 1. The standard InChI is InChI=1S/C25H32N4O3/c1-19(30)26-24-6-3-21(4-7-24)16-28-13-14-32-25-8-5-22(15-23(25)18-28)17-27-9-11-29(12-10-27)20(2)31/h3-8,15H,9-14,16-18H2,1-2H3,(H,26,30). The molecule has 0 radical (unpaired) electrons. The number of anilines is 1. The molecule has 2 amide bonds. The summed E-state index contributed by atoms with van der Waals surface area (Å²) in [6.07, 6.45) is 0. The fraction of sp³-hybridized carbons (Fsp3) is 0.440. The van der Waals surface area contributed by atoms with E-state index < -0.39 is 0 Å². The first kappa shape index (κ1) is 22.3. The first-order valence-corrected chi connectivity index (χ1v) is 11.3. The zero-order valence-electron chi connectivity index (χ0n) is 19.0. The smallest absolute Gasteiger partial charge is 0.221 e. The van der Waals surface area contributed by atoms with Crippen LogP contribution in [0.2, 0.25) is 0 Å². The van der Waals surface area contributed by atoms with Crippen LogP contribution < -0.4 is 10.1 Å². The Bertz CT molecular complexity index is 952. The van der Waals surface area contributed by atoms with Gasteiger partial charge >= 0.3 is 0 Å². The van der Waals surface area contributed by atoms with Crippen LogP contribution in [0.25, 0.3) is 0 Å². The van der Waals surface area contributed by atoms with Crippen LogP contribution in [0.1, 0.15) is 30.5 Å². The van der Waals surface area contributed by atoms with Gasteiger partial charge in [0.2, 0.25) is 11.8 Å². The van der Waals surface area contributed by atoms with Crippen LogP contribution >= 0.6 is 0 Å². The van der Waals surface area contributed by atoms with Gasteiger partial charge in [-0.1, -0.05) is 18.2 Å². The van der Waals surface area contributed by atoms with E-state index in [9.17, 15) is 9.59 Å². The van der Waals surface area contributed by atoms with E-state index in [0.29, 0.717) is 6.61 Å². The third-order valence-corrected chi connectivity index (χ3v) is 6.09. The topological polar surface area (TPSA) is 65.1 Å². The van der Waals surface area contributed by atoms with Gasteiger partial charge in [0.25, 0.3) is 0 Å². The summed E-state index contributed by atoms with van der Waals surface area (Å²) >= 11 is 0. The number of nitrogens with one attached hydrogen (secondary N) is 1. The highest BCUT2D eigenvalue weighted by atomic mass is 16.5. The lowest BCUT2D eigenvalue weighted by molar-refractivity contribution is -0.130. The van der Waals surface area contributed by atoms with E-state index in [1.54, 1.807) is 6.92 Å². The molecule has 1 fully saturated rings. The Morgan fingerprint density at radius 3 is 2.25 bits per heavy atom. The molecule has 2 heterocycles. The lowest BCUT2D eigenvalue weighted by Gasteiger charge is -2.34. The van der Waals surface area contributed by atoms with Gasteiger partial charge in [0.15, 0.2) is 0 Å². The zero-order chi connectivity index (χ0) is 22.5. The Morgan fingerprint density at radius 1 is 0.875 bits per heavy atom. The lowest BCUT2D eigenvalue weighted by Crippen LogP contribution is -2.47. The van der Waals surface area contributed by atoms with Gasteiger partial charge in [-0.25, -0.2) is 0 Å². The van der Waals surface area contributed by atoms with Gasteiger partial charge in [0, 0.05) is 77.5 Å². The van der Waals surface area contributed by atoms with Crippen LogP contribution in [0.5, 0.6) is 5.75 Å². The van der Waals surface area contributed by atoms with Crippen molar-refractivity contribution >= 4 is 17.5 Å². The molecule has 0 aliphatic carbocycles. The van der Waals surface area contributed by atoms with Crippen LogP contribution in [-0.2, 0) is 29.2 Å². The Hall–Kier alpha value is -2.90. The molecule has 2 aromatic rings. The van der Waals surface area contributed by atoms with Gasteiger partial charge in [-0.3, -0.25) is 19.4 Å².